The monoisotopic (exact) mass is 777 g/mol. The molecule has 0 fully saturated rings. The third kappa shape index (κ3) is 5.78. The zero-order valence-corrected chi connectivity index (χ0v) is 33.1. The first-order valence-corrected chi connectivity index (χ1v) is 20.8. The molecule has 0 amide bonds. The summed E-state index contributed by atoms with van der Waals surface area (Å²) in [6.45, 7) is 0. The summed E-state index contributed by atoms with van der Waals surface area (Å²) in [6, 6.07) is 74.7. The molecule has 284 valence electrons. The lowest BCUT2D eigenvalue weighted by Crippen LogP contribution is -1.95. The number of hydrogen-bond acceptors (Lipinski definition) is 1. The summed E-state index contributed by atoms with van der Waals surface area (Å²) >= 11 is 0. The van der Waals surface area contributed by atoms with Crippen molar-refractivity contribution in [3.8, 4) is 66.8 Å². The van der Waals surface area contributed by atoms with E-state index in [2.05, 4.69) is 164 Å². The molecule has 0 N–H and O–H groups in total. The van der Waals surface area contributed by atoms with Crippen molar-refractivity contribution in [1.29, 1.82) is 0 Å². The van der Waals surface area contributed by atoms with E-state index >= 15 is 0 Å². The van der Waals surface area contributed by atoms with Crippen LogP contribution in [0.5, 0.6) is 0 Å². The van der Waals surface area contributed by atoms with Crippen LogP contribution >= 0.6 is 0 Å². The molecule has 0 atom stereocenters. The Morgan fingerprint density at radius 3 is 1.30 bits per heavy atom. The van der Waals surface area contributed by atoms with Gasteiger partial charge < -0.3 is 4.42 Å². The molecule has 1 aromatic heterocycles. The lowest BCUT2D eigenvalue weighted by molar-refractivity contribution is 0.674. The molecule has 12 aromatic rings. The summed E-state index contributed by atoms with van der Waals surface area (Å²) in [6.07, 6.45) is 0. The average Bonchev–Trinajstić information content (AvgIpc) is 3.75. The Balaban J connectivity index is 1.08. The van der Waals surface area contributed by atoms with Crippen molar-refractivity contribution < 1.29 is 8.53 Å². The van der Waals surface area contributed by atoms with Crippen molar-refractivity contribution >= 4 is 54.3 Å². The molecule has 0 saturated carbocycles. The predicted octanol–water partition coefficient (Wildman–Crippen LogP) is 17.0. The molecular weight excluding hydrogens is 737 g/mol. The molecule has 61 heavy (non-hydrogen) atoms. The van der Waals surface area contributed by atoms with Gasteiger partial charge >= 0.3 is 0 Å². The van der Waals surface area contributed by atoms with Gasteiger partial charge in [-0.05, 0) is 106 Å². The Bertz CT molecular complexity index is 3660. The topological polar surface area (TPSA) is 13.1 Å². The quantitative estimate of drug-likeness (QED) is 0.153. The molecule has 0 aliphatic carbocycles. The van der Waals surface area contributed by atoms with Crippen LogP contribution in [0.25, 0.3) is 121 Å². The minimum absolute atomic E-state index is 0.00825. The van der Waals surface area contributed by atoms with Gasteiger partial charge in [0.05, 0.1) is 4.11 Å². The number of fused-ring (bicyclic) bond motifs is 7. The van der Waals surface area contributed by atoms with Crippen LogP contribution < -0.4 is 0 Å². The van der Waals surface area contributed by atoms with Gasteiger partial charge in [-0.1, -0.05) is 212 Å². The molecule has 1 heteroatoms. The van der Waals surface area contributed by atoms with Crippen molar-refractivity contribution in [3.63, 3.8) is 0 Å². The maximum atomic E-state index is 9.17. The van der Waals surface area contributed by atoms with Crippen molar-refractivity contribution in [2.45, 2.75) is 0 Å². The molecule has 0 spiro atoms. The van der Waals surface area contributed by atoms with Gasteiger partial charge in [0, 0.05) is 21.7 Å². The van der Waals surface area contributed by atoms with E-state index in [1.807, 2.05) is 48.5 Å². The van der Waals surface area contributed by atoms with Gasteiger partial charge in [-0.15, -0.1) is 0 Å². The SMILES string of the molecule is [2H]c1c([2H])c([2H])c2c(oc3c4ccccc4ccc32)c1-c1ccc(-c2c3ccccc3c(-c3cc(-c4ccccc4)c(-c4ccccc4)c(-c4ccccc4)c3)c3ccccc23)cc1. The van der Waals surface area contributed by atoms with E-state index in [0.29, 0.717) is 22.1 Å². The van der Waals surface area contributed by atoms with Gasteiger partial charge in [-0.2, -0.15) is 0 Å². The van der Waals surface area contributed by atoms with Crippen LogP contribution in [0.2, 0.25) is 0 Å². The van der Waals surface area contributed by atoms with Crippen molar-refractivity contribution in [2.24, 2.45) is 0 Å². The number of para-hydroxylation sites is 1. The highest BCUT2D eigenvalue weighted by molar-refractivity contribution is 6.22. The summed E-state index contributed by atoms with van der Waals surface area (Å²) < 4.78 is 33.7. The van der Waals surface area contributed by atoms with Gasteiger partial charge in [0.25, 0.3) is 0 Å². The van der Waals surface area contributed by atoms with Crippen molar-refractivity contribution in [2.75, 3.05) is 0 Å². The Morgan fingerprint density at radius 2 is 0.721 bits per heavy atom. The van der Waals surface area contributed by atoms with Crippen LogP contribution in [0.15, 0.2) is 235 Å². The first-order chi connectivity index (χ1) is 31.5. The normalized spacial score (nSPS) is 12.3. The van der Waals surface area contributed by atoms with E-state index in [4.69, 9.17) is 8.53 Å². The average molecular weight is 778 g/mol. The lowest BCUT2D eigenvalue weighted by atomic mass is 9.81. The molecule has 0 saturated heterocycles. The minimum atomic E-state index is -0.113. The van der Waals surface area contributed by atoms with Crippen LogP contribution in [0.4, 0.5) is 0 Å². The molecule has 0 radical (unpaired) electrons. The van der Waals surface area contributed by atoms with E-state index in [-0.39, 0.29) is 18.1 Å². The summed E-state index contributed by atoms with van der Waals surface area (Å²) in [7, 11) is 0. The highest BCUT2D eigenvalue weighted by atomic mass is 16.3. The third-order valence-corrected chi connectivity index (χ3v) is 12.2. The van der Waals surface area contributed by atoms with Crippen LogP contribution in [0.3, 0.4) is 0 Å². The van der Waals surface area contributed by atoms with E-state index in [0.717, 1.165) is 71.1 Å². The van der Waals surface area contributed by atoms with Gasteiger partial charge in [0.2, 0.25) is 0 Å². The predicted molar refractivity (Wildman–Crippen MR) is 259 cm³/mol. The summed E-state index contributed by atoms with van der Waals surface area (Å²) in [4.78, 5) is 0. The second-order valence-corrected chi connectivity index (χ2v) is 15.7. The highest BCUT2D eigenvalue weighted by Crippen LogP contribution is 2.49. The second kappa shape index (κ2) is 14.4. The number of hydrogen-bond donors (Lipinski definition) is 0. The maximum Gasteiger partial charge on any atom is 0.143 e. The third-order valence-electron chi connectivity index (χ3n) is 12.2. The van der Waals surface area contributed by atoms with E-state index in [1.54, 1.807) is 0 Å². The minimum Gasteiger partial charge on any atom is -0.455 e. The Hall–Kier alpha value is -8.00. The van der Waals surface area contributed by atoms with E-state index in [9.17, 15) is 0 Å². The zero-order chi connectivity index (χ0) is 42.9. The molecule has 1 heterocycles. The Kier molecular flexibility index (Phi) is 7.52. The first-order valence-electron chi connectivity index (χ1n) is 22.3. The number of furan rings is 1. The smallest absolute Gasteiger partial charge is 0.143 e. The molecule has 0 unspecified atom stereocenters. The standard InChI is InChI=1S/C60H38O/c1-4-17-39(18-5-1)54-37-45(38-55(40-19-6-2-7-20-40)57(54)43-22-8-3-9-23-43)58-50-27-14-12-25-48(50)56(49-26-13-15-28-51(49)58)44-33-31-42(32-34-44)47-29-16-30-52-53-36-35-41-21-10-11-24-46(41)60(53)61-59(47)52/h1-38H/i16D,29D,30D. The Labute approximate surface area is 358 Å². The van der Waals surface area contributed by atoms with Gasteiger partial charge in [0.1, 0.15) is 11.2 Å². The number of benzene rings is 11. The van der Waals surface area contributed by atoms with Crippen LogP contribution in [0.1, 0.15) is 4.11 Å². The van der Waals surface area contributed by atoms with Crippen molar-refractivity contribution in [3.05, 3.63) is 230 Å². The molecule has 0 aliphatic heterocycles. The molecule has 0 bridgehead atoms. The summed E-state index contributed by atoms with van der Waals surface area (Å²) in [5, 5.41) is 7.90. The summed E-state index contributed by atoms with van der Waals surface area (Å²) in [5.41, 5.74) is 13.9. The molecule has 0 aliphatic rings. The van der Waals surface area contributed by atoms with Gasteiger partial charge in [-0.25, -0.2) is 0 Å². The second-order valence-electron chi connectivity index (χ2n) is 15.7. The first kappa shape index (κ1) is 31.9. The van der Waals surface area contributed by atoms with E-state index in [1.165, 1.54) is 27.8 Å². The fraction of sp³-hybridized carbons (Fsp3) is 0. The number of rotatable bonds is 6. The molecule has 12 rings (SSSR count). The van der Waals surface area contributed by atoms with Gasteiger partial charge in [-0.3, -0.25) is 0 Å². The highest BCUT2D eigenvalue weighted by Gasteiger charge is 2.22. The van der Waals surface area contributed by atoms with Crippen LogP contribution in [-0.4, -0.2) is 0 Å². The van der Waals surface area contributed by atoms with Crippen LogP contribution in [-0.2, 0) is 0 Å². The van der Waals surface area contributed by atoms with E-state index < -0.39 is 0 Å². The Morgan fingerprint density at radius 1 is 0.279 bits per heavy atom. The fourth-order valence-corrected chi connectivity index (χ4v) is 9.49. The molecule has 1 nitrogen and oxygen atoms in total. The van der Waals surface area contributed by atoms with Crippen LogP contribution in [0, 0.1) is 0 Å². The van der Waals surface area contributed by atoms with Crippen molar-refractivity contribution in [1.82, 2.24) is 0 Å². The molecule has 11 aromatic carbocycles. The maximum absolute atomic E-state index is 9.17. The largest absolute Gasteiger partial charge is 0.455 e. The van der Waals surface area contributed by atoms with Gasteiger partial charge in [0.15, 0.2) is 0 Å². The lowest BCUT2D eigenvalue weighted by Gasteiger charge is -2.22. The molecular formula is C60H38O. The zero-order valence-electron chi connectivity index (χ0n) is 36.1. The summed E-state index contributed by atoms with van der Waals surface area (Å²) in [5.74, 6) is 0. The fourth-order valence-electron chi connectivity index (χ4n) is 9.49.